The molecule has 0 amide bonds. The average Bonchev–Trinajstić information content (AvgIpc) is 2.61. The lowest BCUT2D eigenvalue weighted by atomic mass is 9.94. The SMILES string of the molecule is CC(C)(Cn1cnc2cncnc21)C(=O)O. The van der Waals surface area contributed by atoms with Crippen molar-refractivity contribution < 1.29 is 9.90 Å². The van der Waals surface area contributed by atoms with Crippen molar-refractivity contribution in [2.24, 2.45) is 5.41 Å². The molecule has 0 aromatic carbocycles. The lowest BCUT2D eigenvalue weighted by molar-refractivity contribution is -0.147. The fraction of sp³-hybridized carbons (Fsp3) is 0.400. The van der Waals surface area contributed by atoms with Gasteiger partial charge in [-0.25, -0.2) is 15.0 Å². The third-order valence-electron chi connectivity index (χ3n) is 2.43. The van der Waals surface area contributed by atoms with Gasteiger partial charge in [-0.3, -0.25) is 4.79 Å². The van der Waals surface area contributed by atoms with Gasteiger partial charge in [0.2, 0.25) is 0 Å². The number of carbonyl (C=O) groups is 1. The lowest BCUT2D eigenvalue weighted by Gasteiger charge is -2.19. The number of aliphatic carboxylic acids is 1. The molecule has 0 fully saturated rings. The van der Waals surface area contributed by atoms with Crippen LogP contribution in [0.15, 0.2) is 18.9 Å². The van der Waals surface area contributed by atoms with Gasteiger partial charge in [-0.15, -0.1) is 0 Å². The van der Waals surface area contributed by atoms with Crippen molar-refractivity contribution in [2.45, 2.75) is 20.4 Å². The molecular weight excluding hydrogens is 208 g/mol. The predicted octanol–water partition coefficient (Wildman–Crippen LogP) is 0.937. The molecule has 6 heteroatoms. The highest BCUT2D eigenvalue weighted by Gasteiger charge is 2.28. The Morgan fingerprint density at radius 2 is 2.25 bits per heavy atom. The maximum Gasteiger partial charge on any atom is 0.310 e. The van der Waals surface area contributed by atoms with Crippen LogP contribution in [0.3, 0.4) is 0 Å². The van der Waals surface area contributed by atoms with Gasteiger partial charge in [0.1, 0.15) is 11.8 Å². The van der Waals surface area contributed by atoms with E-state index in [9.17, 15) is 4.79 Å². The van der Waals surface area contributed by atoms with Crippen LogP contribution >= 0.6 is 0 Å². The topological polar surface area (TPSA) is 80.9 Å². The molecule has 16 heavy (non-hydrogen) atoms. The van der Waals surface area contributed by atoms with Gasteiger partial charge < -0.3 is 9.67 Å². The number of imidazole rings is 1. The van der Waals surface area contributed by atoms with Crippen molar-refractivity contribution in [1.82, 2.24) is 19.5 Å². The molecule has 0 saturated carbocycles. The van der Waals surface area contributed by atoms with Crippen LogP contribution in [0.2, 0.25) is 0 Å². The number of nitrogens with zero attached hydrogens (tertiary/aromatic N) is 4. The second-order valence-corrected chi connectivity index (χ2v) is 4.29. The van der Waals surface area contributed by atoms with Gasteiger partial charge in [-0.1, -0.05) is 0 Å². The summed E-state index contributed by atoms with van der Waals surface area (Å²) in [5.41, 5.74) is 0.478. The molecule has 0 aliphatic rings. The first-order valence-corrected chi connectivity index (χ1v) is 4.85. The molecule has 0 atom stereocenters. The number of carboxylic acid groups (broad SMARTS) is 1. The number of aromatic nitrogens is 4. The molecule has 0 aliphatic heterocycles. The number of fused-ring (bicyclic) bond motifs is 1. The summed E-state index contributed by atoms with van der Waals surface area (Å²) < 4.78 is 1.73. The molecule has 2 aromatic heterocycles. The van der Waals surface area contributed by atoms with E-state index in [4.69, 9.17) is 5.11 Å². The van der Waals surface area contributed by atoms with E-state index in [0.717, 1.165) is 0 Å². The van der Waals surface area contributed by atoms with Gasteiger partial charge in [-0.05, 0) is 13.8 Å². The van der Waals surface area contributed by atoms with Crippen molar-refractivity contribution >= 4 is 17.1 Å². The maximum atomic E-state index is 11.0. The van der Waals surface area contributed by atoms with Crippen molar-refractivity contribution in [1.29, 1.82) is 0 Å². The van der Waals surface area contributed by atoms with Gasteiger partial charge in [0, 0.05) is 6.54 Å². The fourth-order valence-corrected chi connectivity index (χ4v) is 1.42. The zero-order valence-corrected chi connectivity index (χ0v) is 9.08. The maximum absolute atomic E-state index is 11.0. The molecule has 2 aromatic rings. The Labute approximate surface area is 92.0 Å². The molecule has 0 aliphatic carbocycles. The Morgan fingerprint density at radius 1 is 1.50 bits per heavy atom. The van der Waals surface area contributed by atoms with Crippen molar-refractivity contribution in [2.75, 3.05) is 0 Å². The largest absolute Gasteiger partial charge is 0.481 e. The van der Waals surface area contributed by atoms with E-state index >= 15 is 0 Å². The van der Waals surface area contributed by atoms with Crippen molar-refractivity contribution in [3.05, 3.63) is 18.9 Å². The highest BCUT2D eigenvalue weighted by molar-refractivity contribution is 5.74. The van der Waals surface area contributed by atoms with Gasteiger partial charge >= 0.3 is 5.97 Å². The van der Waals surface area contributed by atoms with Crippen LogP contribution in [0.4, 0.5) is 0 Å². The zero-order valence-electron chi connectivity index (χ0n) is 9.08. The molecule has 1 N–H and O–H groups in total. The normalized spacial score (nSPS) is 11.9. The Kier molecular flexibility index (Phi) is 2.34. The molecule has 0 spiro atoms. The van der Waals surface area contributed by atoms with Crippen LogP contribution in [0.1, 0.15) is 13.8 Å². The Morgan fingerprint density at radius 3 is 2.94 bits per heavy atom. The average molecular weight is 220 g/mol. The minimum absolute atomic E-state index is 0.329. The first kappa shape index (κ1) is 10.5. The summed E-state index contributed by atoms with van der Waals surface area (Å²) in [6.07, 6.45) is 4.62. The summed E-state index contributed by atoms with van der Waals surface area (Å²) in [5, 5.41) is 9.05. The lowest BCUT2D eigenvalue weighted by Crippen LogP contribution is -2.29. The quantitative estimate of drug-likeness (QED) is 0.832. The van der Waals surface area contributed by atoms with Crippen molar-refractivity contribution in [3.8, 4) is 0 Å². The fourth-order valence-electron chi connectivity index (χ4n) is 1.42. The first-order chi connectivity index (χ1) is 7.50. The summed E-state index contributed by atoms with van der Waals surface area (Å²) >= 11 is 0. The molecule has 0 bridgehead atoms. The number of rotatable bonds is 3. The molecule has 2 heterocycles. The monoisotopic (exact) mass is 220 g/mol. The van der Waals surface area contributed by atoms with Crippen LogP contribution in [0, 0.1) is 5.41 Å². The third-order valence-corrected chi connectivity index (χ3v) is 2.43. The van der Waals surface area contributed by atoms with E-state index in [-0.39, 0.29) is 0 Å². The van der Waals surface area contributed by atoms with Gasteiger partial charge in [0.05, 0.1) is 17.9 Å². The number of hydrogen-bond donors (Lipinski definition) is 1. The van der Waals surface area contributed by atoms with Crippen molar-refractivity contribution in [3.63, 3.8) is 0 Å². The number of carboxylic acids is 1. The highest BCUT2D eigenvalue weighted by Crippen LogP contribution is 2.20. The van der Waals surface area contributed by atoms with Crippen LogP contribution in [-0.4, -0.2) is 30.6 Å². The second kappa shape index (κ2) is 3.55. The van der Waals surface area contributed by atoms with Crippen LogP contribution < -0.4 is 0 Å². The van der Waals surface area contributed by atoms with E-state index in [1.54, 1.807) is 30.9 Å². The summed E-state index contributed by atoms with van der Waals surface area (Å²) in [5.74, 6) is -0.844. The van der Waals surface area contributed by atoms with E-state index in [1.807, 2.05) is 0 Å². The Bertz CT molecular complexity index is 532. The molecule has 2 rings (SSSR count). The summed E-state index contributed by atoms with van der Waals surface area (Å²) in [7, 11) is 0. The molecule has 84 valence electrons. The smallest absolute Gasteiger partial charge is 0.310 e. The summed E-state index contributed by atoms with van der Waals surface area (Å²) in [4.78, 5) is 23.1. The Hall–Kier alpha value is -1.98. The van der Waals surface area contributed by atoms with E-state index in [0.29, 0.717) is 17.7 Å². The van der Waals surface area contributed by atoms with E-state index in [1.165, 1.54) is 6.33 Å². The Balaban J connectivity index is 2.38. The summed E-state index contributed by atoms with van der Waals surface area (Å²) in [6.45, 7) is 3.67. The third kappa shape index (κ3) is 1.73. The highest BCUT2D eigenvalue weighted by atomic mass is 16.4. The van der Waals surface area contributed by atoms with Crippen LogP contribution in [-0.2, 0) is 11.3 Å². The first-order valence-electron chi connectivity index (χ1n) is 4.85. The molecule has 0 radical (unpaired) electrons. The molecular formula is C10H12N4O2. The van der Waals surface area contributed by atoms with Gasteiger partial charge in [0.15, 0.2) is 5.65 Å². The zero-order chi connectivity index (χ0) is 11.8. The molecule has 0 unspecified atom stereocenters. The minimum Gasteiger partial charge on any atom is -0.481 e. The van der Waals surface area contributed by atoms with E-state index in [2.05, 4.69) is 15.0 Å². The molecule has 6 nitrogen and oxygen atoms in total. The second-order valence-electron chi connectivity index (χ2n) is 4.29. The minimum atomic E-state index is -0.849. The van der Waals surface area contributed by atoms with Crippen LogP contribution in [0.25, 0.3) is 11.2 Å². The standard InChI is InChI=1S/C10H12N4O2/c1-10(2,9(15)16)4-14-6-13-7-3-11-5-12-8(7)14/h3,5-6H,4H2,1-2H3,(H,15,16). The van der Waals surface area contributed by atoms with Gasteiger partial charge in [-0.2, -0.15) is 0 Å². The number of hydrogen-bond acceptors (Lipinski definition) is 4. The predicted molar refractivity (Wildman–Crippen MR) is 56.7 cm³/mol. The van der Waals surface area contributed by atoms with Crippen LogP contribution in [0.5, 0.6) is 0 Å². The summed E-state index contributed by atoms with van der Waals surface area (Å²) in [6, 6.07) is 0. The molecule has 0 saturated heterocycles. The van der Waals surface area contributed by atoms with Gasteiger partial charge in [0.25, 0.3) is 0 Å². The van der Waals surface area contributed by atoms with E-state index < -0.39 is 11.4 Å².